The largest absolute Gasteiger partial charge is 0.465 e. The third kappa shape index (κ3) is 4.54. The standard InChI is InChI=1S/C11H22N2O7/c14-5-8(16)10(18)9(17)7(15)4-13(11(19)20)3-6-1-12-2-6/h6-10,12,14-18H,1-5H2,(H,19,20)/t7-,8+,9+,10+/m0/s1. The second-order valence-corrected chi connectivity index (χ2v) is 5.01. The van der Waals surface area contributed by atoms with Crippen molar-refractivity contribution in [1.82, 2.24) is 10.2 Å². The molecule has 0 aliphatic carbocycles. The van der Waals surface area contributed by atoms with Crippen molar-refractivity contribution in [3.63, 3.8) is 0 Å². The molecule has 0 aromatic carbocycles. The number of hydrogen-bond acceptors (Lipinski definition) is 7. The summed E-state index contributed by atoms with van der Waals surface area (Å²) in [6.45, 7) is 0.427. The van der Waals surface area contributed by atoms with E-state index in [1.165, 1.54) is 0 Å². The van der Waals surface area contributed by atoms with Crippen molar-refractivity contribution in [2.24, 2.45) is 5.92 Å². The number of carboxylic acid groups (broad SMARTS) is 1. The third-order valence-corrected chi connectivity index (χ3v) is 3.35. The summed E-state index contributed by atoms with van der Waals surface area (Å²) in [5.74, 6) is 0.156. The van der Waals surface area contributed by atoms with Crippen LogP contribution in [0.25, 0.3) is 0 Å². The van der Waals surface area contributed by atoms with Gasteiger partial charge < -0.3 is 40.9 Å². The van der Waals surface area contributed by atoms with Gasteiger partial charge in [0.05, 0.1) is 13.2 Å². The van der Waals surface area contributed by atoms with Crippen molar-refractivity contribution in [2.45, 2.75) is 24.4 Å². The van der Waals surface area contributed by atoms with E-state index in [2.05, 4.69) is 5.32 Å². The quantitative estimate of drug-likeness (QED) is 0.245. The number of aliphatic hydroxyl groups excluding tert-OH is 5. The van der Waals surface area contributed by atoms with Crippen LogP contribution in [0.5, 0.6) is 0 Å². The van der Waals surface area contributed by atoms with Crippen molar-refractivity contribution >= 4 is 6.09 Å². The van der Waals surface area contributed by atoms with Gasteiger partial charge in [-0.25, -0.2) is 4.79 Å². The third-order valence-electron chi connectivity index (χ3n) is 3.35. The Balaban J connectivity index is 2.51. The Morgan fingerprint density at radius 1 is 1.15 bits per heavy atom. The smallest absolute Gasteiger partial charge is 0.407 e. The molecule has 1 heterocycles. The Morgan fingerprint density at radius 2 is 1.70 bits per heavy atom. The molecular weight excluding hydrogens is 272 g/mol. The molecular formula is C11H22N2O7. The Labute approximate surface area is 116 Å². The second kappa shape index (κ2) is 7.72. The summed E-state index contributed by atoms with van der Waals surface area (Å²) in [5.41, 5.74) is 0. The molecule has 20 heavy (non-hydrogen) atoms. The number of hydrogen-bond donors (Lipinski definition) is 7. The van der Waals surface area contributed by atoms with Gasteiger partial charge in [0.2, 0.25) is 0 Å². The highest BCUT2D eigenvalue weighted by Gasteiger charge is 2.33. The zero-order valence-corrected chi connectivity index (χ0v) is 11.0. The van der Waals surface area contributed by atoms with Crippen molar-refractivity contribution in [2.75, 3.05) is 32.8 Å². The van der Waals surface area contributed by atoms with E-state index in [9.17, 15) is 25.2 Å². The molecule has 4 atom stereocenters. The maximum absolute atomic E-state index is 11.1. The number of carbonyl (C=O) groups is 1. The molecule has 0 spiro atoms. The van der Waals surface area contributed by atoms with Crippen LogP contribution in [-0.4, -0.2) is 98.8 Å². The average Bonchev–Trinajstić information content (AvgIpc) is 2.37. The number of amides is 1. The molecule has 1 rings (SSSR count). The minimum Gasteiger partial charge on any atom is -0.465 e. The van der Waals surface area contributed by atoms with E-state index in [1.54, 1.807) is 0 Å². The number of nitrogens with one attached hydrogen (secondary N) is 1. The normalized spacial score (nSPS) is 21.6. The van der Waals surface area contributed by atoms with Gasteiger partial charge in [-0.2, -0.15) is 0 Å². The SMILES string of the molecule is O=C(O)N(CC1CNC1)C[C@H](O)[C@@H](O)[C@H](O)[C@H](O)CO. The Bertz CT molecular complexity index is 313. The predicted molar refractivity (Wildman–Crippen MR) is 67.1 cm³/mol. The van der Waals surface area contributed by atoms with Gasteiger partial charge in [-0.05, 0) is 0 Å². The van der Waals surface area contributed by atoms with Crippen LogP contribution in [0.4, 0.5) is 4.79 Å². The number of nitrogens with zero attached hydrogens (tertiary/aromatic N) is 1. The molecule has 1 fully saturated rings. The lowest BCUT2D eigenvalue weighted by Gasteiger charge is -2.34. The van der Waals surface area contributed by atoms with Gasteiger partial charge in [-0.3, -0.25) is 0 Å². The fourth-order valence-corrected chi connectivity index (χ4v) is 1.92. The zero-order chi connectivity index (χ0) is 15.3. The summed E-state index contributed by atoms with van der Waals surface area (Å²) in [7, 11) is 0. The van der Waals surface area contributed by atoms with E-state index >= 15 is 0 Å². The van der Waals surface area contributed by atoms with Gasteiger partial charge >= 0.3 is 6.09 Å². The van der Waals surface area contributed by atoms with Gasteiger partial charge in [0, 0.05) is 25.6 Å². The first-order valence-electron chi connectivity index (χ1n) is 6.38. The molecule has 0 radical (unpaired) electrons. The van der Waals surface area contributed by atoms with Gasteiger partial charge in [0.15, 0.2) is 0 Å². The summed E-state index contributed by atoms with van der Waals surface area (Å²) < 4.78 is 0. The van der Waals surface area contributed by atoms with Crippen molar-refractivity contribution in [3.8, 4) is 0 Å². The molecule has 1 saturated heterocycles. The lowest BCUT2D eigenvalue weighted by Crippen LogP contribution is -2.54. The van der Waals surface area contributed by atoms with Crippen LogP contribution in [0, 0.1) is 5.92 Å². The first-order valence-corrected chi connectivity index (χ1v) is 6.38. The molecule has 118 valence electrons. The van der Waals surface area contributed by atoms with Crippen LogP contribution in [0.2, 0.25) is 0 Å². The summed E-state index contributed by atoms with van der Waals surface area (Å²) >= 11 is 0. The highest BCUT2D eigenvalue weighted by molar-refractivity contribution is 5.65. The molecule has 1 amide bonds. The maximum Gasteiger partial charge on any atom is 0.407 e. The van der Waals surface area contributed by atoms with Gasteiger partial charge in [-0.15, -0.1) is 0 Å². The molecule has 9 nitrogen and oxygen atoms in total. The fraction of sp³-hybridized carbons (Fsp3) is 0.909. The molecule has 0 aromatic heterocycles. The second-order valence-electron chi connectivity index (χ2n) is 5.01. The van der Waals surface area contributed by atoms with Crippen LogP contribution in [0.15, 0.2) is 0 Å². The molecule has 0 unspecified atom stereocenters. The maximum atomic E-state index is 11.1. The molecule has 0 bridgehead atoms. The minimum atomic E-state index is -1.75. The van der Waals surface area contributed by atoms with Crippen molar-refractivity contribution in [1.29, 1.82) is 0 Å². The van der Waals surface area contributed by atoms with Crippen LogP contribution < -0.4 is 5.32 Å². The van der Waals surface area contributed by atoms with E-state index in [4.69, 9.17) is 10.2 Å². The van der Waals surface area contributed by atoms with Crippen molar-refractivity contribution in [3.05, 3.63) is 0 Å². The Kier molecular flexibility index (Phi) is 6.59. The first-order chi connectivity index (χ1) is 9.36. The first kappa shape index (κ1) is 17.1. The average molecular weight is 294 g/mol. The van der Waals surface area contributed by atoms with E-state index < -0.39 is 37.1 Å². The molecule has 1 aliphatic rings. The topological polar surface area (TPSA) is 154 Å². The molecule has 1 aliphatic heterocycles. The van der Waals surface area contributed by atoms with E-state index in [0.29, 0.717) is 13.1 Å². The Hall–Kier alpha value is -0.970. The number of aliphatic hydroxyl groups is 5. The Morgan fingerprint density at radius 3 is 2.10 bits per heavy atom. The predicted octanol–water partition coefficient (Wildman–Crippen LogP) is -3.38. The molecule has 9 heteroatoms. The number of rotatable bonds is 8. The fourth-order valence-electron chi connectivity index (χ4n) is 1.92. The highest BCUT2D eigenvalue weighted by atomic mass is 16.4. The van der Waals surface area contributed by atoms with Gasteiger partial charge in [-0.1, -0.05) is 0 Å². The van der Waals surface area contributed by atoms with E-state index in [0.717, 1.165) is 4.90 Å². The van der Waals surface area contributed by atoms with E-state index in [1.807, 2.05) is 0 Å². The monoisotopic (exact) mass is 294 g/mol. The van der Waals surface area contributed by atoms with Crippen LogP contribution >= 0.6 is 0 Å². The zero-order valence-electron chi connectivity index (χ0n) is 11.0. The van der Waals surface area contributed by atoms with Crippen LogP contribution in [0.3, 0.4) is 0 Å². The summed E-state index contributed by atoms with van der Waals surface area (Å²) in [6.07, 6.45) is -7.90. The van der Waals surface area contributed by atoms with Crippen LogP contribution in [0.1, 0.15) is 0 Å². The summed E-state index contributed by atoms with van der Waals surface area (Å²) in [6, 6.07) is 0. The summed E-state index contributed by atoms with van der Waals surface area (Å²) in [4.78, 5) is 12.0. The lowest BCUT2D eigenvalue weighted by atomic mass is 10.0. The van der Waals surface area contributed by atoms with Gasteiger partial charge in [0.1, 0.15) is 24.4 Å². The summed E-state index contributed by atoms with van der Waals surface area (Å²) in [5, 5.41) is 58.6. The van der Waals surface area contributed by atoms with Crippen LogP contribution in [-0.2, 0) is 0 Å². The molecule has 0 saturated carbocycles. The minimum absolute atomic E-state index is 0.156. The lowest BCUT2D eigenvalue weighted by molar-refractivity contribution is -0.118. The highest BCUT2D eigenvalue weighted by Crippen LogP contribution is 2.10. The van der Waals surface area contributed by atoms with E-state index in [-0.39, 0.29) is 19.0 Å². The van der Waals surface area contributed by atoms with Crippen molar-refractivity contribution < 1.29 is 35.4 Å². The van der Waals surface area contributed by atoms with Gasteiger partial charge in [0.25, 0.3) is 0 Å². The molecule has 0 aromatic rings. The molecule has 7 N–H and O–H groups in total.